The molecule has 6 heteroatoms. The zero-order chi connectivity index (χ0) is 17.0. The Hall–Kier alpha value is -2.86. The molecule has 0 saturated carbocycles. The van der Waals surface area contributed by atoms with Crippen molar-refractivity contribution in [3.63, 3.8) is 0 Å². The summed E-state index contributed by atoms with van der Waals surface area (Å²) in [6.45, 7) is 0. The fraction of sp³-hybridized carbons (Fsp3) is 0.0556. The largest absolute Gasteiger partial charge is 0.324 e. The molecule has 2 aromatic carbocycles. The van der Waals surface area contributed by atoms with Crippen LogP contribution < -0.4 is 4.72 Å². The highest BCUT2D eigenvalue weighted by molar-refractivity contribution is 7.90. The van der Waals surface area contributed by atoms with Gasteiger partial charge in [-0.05, 0) is 42.0 Å². The van der Waals surface area contributed by atoms with Gasteiger partial charge in [0.05, 0.1) is 11.3 Å². The van der Waals surface area contributed by atoms with Crippen LogP contribution in [0.15, 0.2) is 84.0 Å². The molecule has 0 saturated heterocycles. The zero-order valence-corrected chi connectivity index (χ0v) is 13.6. The van der Waals surface area contributed by atoms with E-state index in [1.165, 1.54) is 12.1 Å². The minimum Gasteiger partial charge on any atom is -0.324 e. The number of carbonyl (C=O) groups is 1. The van der Waals surface area contributed by atoms with Crippen LogP contribution in [0.2, 0.25) is 0 Å². The van der Waals surface area contributed by atoms with Gasteiger partial charge in [-0.15, -0.1) is 0 Å². The zero-order valence-electron chi connectivity index (χ0n) is 12.8. The third-order valence-electron chi connectivity index (χ3n) is 3.51. The lowest BCUT2D eigenvalue weighted by atomic mass is 10.1. The molecule has 0 fully saturated rings. The number of rotatable bonds is 5. The van der Waals surface area contributed by atoms with Gasteiger partial charge in [0, 0.05) is 18.1 Å². The highest BCUT2D eigenvalue weighted by Gasteiger charge is 2.17. The maximum atomic E-state index is 12.1. The first-order valence-corrected chi connectivity index (χ1v) is 8.86. The van der Waals surface area contributed by atoms with Gasteiger partial charge in [0.1, 0.15) is 0 Å². The van der Waals surface area contributed by atoms with Crippen molar-refractivity contribution in [1.29, 1.82) is 0 Å². The number of carbonyl (C=O) groups excluding carboxylic acids is 1. The quantitative estimate of drug-likeness (QED) is 0.776. The average Bonchev–Trinajstić information content (AvgIpc) is 3.10. The molecule has 0 aliphatic heterocycles. The Bertz CT molecular complexity index is 916. The maximum Gasteiger partial charge on any atom is 0.264 e. The molecular formula is C18H16N2O3S. The summed E-state index contributed by atoms with van der Waals surface area (Å²) < 4.78 is 28.3. The summed E-state index contributed by atoms with van der Waals surface area (Å²) in [5, 5.41) is 0. The highest BCUT2D eigenvalue weighted by atomic mass is 32.2. The summed E-state index contributed by atoms with van der Waals surface area (Å²) in [6.07, 6.45) is 3.85. The summed E-state index contributed by atoms with van der Waals surface area (Å²) in [7, 11) is -3.83. The summed E-state index contributed by atoms with van der Waals surface area (Å²) in [5.41, 5.74) is 1.72. The molecule has 0 atom stereocenters. The lowest BCUT2D eigenvalue weighted by molar-refractivity contribution is -0.118. The molecule has 0 aliphatic carbocycles. The predicted molar refractivity (Wildman–Crippen MR) is 91.2 cm³/mol. The molecule has 1 heterocycles. The van der Waals surface area contributed by atoms with Crippen LogP contribution in [0.4, 0.5) is 0 Å². The van der Waals surface area contributed by atoms with Gasteiger partial charge in [-0.3, -0.25) is 4.79 Å². The van der Waals surface area contributed by atoms with Crippen LogP contribution in [0, 0.1) is 0 Å². The van der Waals surface area contributed by atoms with Crippen molar-refractivity contribution >= 4 is 15.9 Å². The topological polar surface area (TPSA) is 68.2 Å². The fourth-order valence-corrected chi connectivity index (χ4v) is 3.33. The molecule has 24 heavy (non-hydrogen) atoms. The molecule has 3 rings (SSSR count). The van der Waals surface area contributed by atoms with E-state index in [1.807, 2.05) is 53.4 Å². The third-order valence-corrected chi connectivity index (χ3v) is 4.89. The Morgan fingerprint density at radius 3 is 2.12 bits per heavy atom. The first kappa shape index (κ1) is 16.0. The number of hydrogen-bond donors (Lipinski definition) is 1. The van der Waals surface area contributed by atoms with Crippen LogP contribution in [0.5, 0.6) is 0 Å². The normalized spacial score (nSPS) is 11.2. The molecule has 1 amide bonds. The van der Waals surface area contributed by atoms with Gasteiger partial charge in [-0.2, -0.15) is 0 Å². The molecule has 0 spiro atoms. The average molecular weight is 340 g/mol. The Labute approximate surface area is 140 Å². The molecule has 5 nitrogen and oxygen atoms in total. The van der Waals surface area contributed by atoms with Gasteiger partial charge >= 0.3 is 0 Å². The van der Waals surface area contributed by atoms with Crippen LogP contribution in [0.3, 0.4) is 0 Å². The van der Waals surface area contributed by atoms with Crippen LogP contribution in [-0.2, 0) is 21.2 Å². The van der Waals surface area contributed by atoms with E-state index in [0.29, 0.717) is 0 Å². The number of sulfonamides is 1. The Morgan fingerprint density at radius 1 is 0.875 bits per heavy atom. The van der Waals surface area contributed by atoms with Crippen LogP contribution in [0.25, 0.3) is 5.69 Å². The lowest BCUT2D eigenvalue weighted by Crippen LogP contribution is -2.31. The molecule has 1 N–H and O–H groups in total. The molecule has 3 aromatic rings. The maximum absolute atomic E-state index is 12.1. The number of nitrogens with zero attached hydrogens (tertiary/aromatic N) is 1. The number of nitrogens with one attached hydrogen (secondary N) is 1. The van der Waals surface area contributed by atoms with E-state index in [-0.39, 0.29) is 11.3 Å². The third kappa shape index (κ3) is 3.72. The minimum absolute atomic E-state index is 0.00196. The molecular weight excluding hydrogens is 324 g/mol. The predicted octanol–water partition coefficient (Wildman–Crippen LogP) is 2.52. The van der Waals surface area contributed by atoms with E-state index in [2.05, 4.69) is 4.72 Å². The number of benzene rings is 2. The molecule has 0 bridgehead atoms. The van der Waals surface area contributed by atoms with Crippen molar-refractivity contribution < 1.29 is 13.2 Å². The van der Waals surface area contributed by atoms with Crippen molar-refractivity contribution in [1.82, 2.24) is 9.29 Å². The highest BCUT2D eigenvalue weighted by Crippen LogP contribution is 2.11. The smallest absolute Gasteiger partial charge is 0.264 e. The van der Waals surface area contributed by atoms with E-state index in [4.69, 9.17) is 0 Å². The van der Waals surface area contributed by atoms with E-state index >= 15 is 0 Å². The summed E-state index contributed by atoms with van der Waals surface area (Å²) >= 11 is 0. The standard InChI is InChI=1S/C18H16N2O3S/c21-18(19-24(22,23)17-6-2-1-3-7-17)14-15-8-10-16(11-9-15)20-12-4-5-13-20/h1-13H,14H2,(H,19,21). The van der Waals surface area contributed by atoms with E-state index < -0.39 is 15.9 Å². The van der Waals surface area contributed by atoms with Gasteiger partial charge in [-0.25, -0.2) is 13.1 Å². The second-order valence-corrected chi connectivity index (χ2v) is 6.96. The summed E-state index contributed by atoms with van der Waals surface area (Å²) in [6, 6.07) is 19.1. The van der Waals surface area contributed by atoms with E-state index in [9.17, 15) is 13.2 Å². The van der Waals surface area contributed by atoms with Crippen molar-refractivity contribution in [2.45, 2.75) is 11.3 Å². The molecule has 122 valence electrons. The van der Waals surface area contributed by atoms with Crippen molar-refractivity contribution in [3.05, 3.63) is 84.7 Å². The fourth-order valence-electron chi connectivity index (χ4n) is 2.32. The lowest BCUT2D eigenvalue weighted by Gasteiger charge is -2.08. The van der Waals surface area contributed by atoms with Crippen LogP contribution >= 0.6 is 0 Å². The SMILES string of the molecule is O=C(Cc1ccc(-n2cccc2)cc1)NS(=O)(=O)c1ccccc1. The van der Waals surface area contributed by atoms with Crippen LogP contribution in [0.1, 0.15) is 5.56 Å². The molecule has 0 unspecified atom stereocenters. The number of hydrogen-bond acceptors (Lipinski definition) is 3. The van der Waals surface area contributed by atoms with Gasteiger partial charge in [-0.1, -0.05) is 30.3 Å². The van der Waals surface area contributed by atoms with Crippen molar-refractivity contribution in [2.24, 2.45) is 0 Å². The van der Waals surface area contributed by atoms with Gasteiger partial charge in [0.15, 0.2) is 0 Å². The van der Waals surface area contributed by atoms with Crippen LogP contribution in [-0.4, -0.2) is 18.9 Å². The molecule has 0 radical (unpaired) electrons. The number of aromatic nitrogens is 1. The van der Waals surface area contributed by atoms with E-state index in [0.717, 1.165) is 11.3 Å². The number of amides is 1. The second-order valence-electron chi connectivity index (χ2n) is 5.28. The monoisotopic (exact) mass is 340 g/mol. The van der Waals surface area contributed by atoms with Gasteiger partial charge in [0.25, 0.3) is 10.0 Å². The Kier molecular flexibility index (Phi) is 4.48. The minimum atomic E-state index is -3.83. The molecule has 1 aromatic heterocycles. The summed E-state index contributed by atoms with van der Waals surface area (Å²) in [5.74, 6) is -0.562. The second kappa shape index (κ2) is 6.72. The summed E-state index contributed by atoms with van der Waals surface area (Å²) in [4.78, 5) is 12.1. The Morgan fingerprint density at radius 2 is 1.50 bits per heavy atom. The first-order chi connectivity index (χ1) is 11.5. The van der Waals surface area contributed by atoms with Gasteiger partial charge in [0.2, 0.25) is 5.91 Å². The van der Waals surface area contributed by atoms with Gasteiger partial charge < -0.3 is 4.57 Å². The van der Waals surface area contributed by atoms with Crippen molar-refractivity contribution in [3.8, 4) is 5.69 Å². The Balaban J connectivity index is 1.67. The first-order valence-electron chi connectivity index (χ1n) is 7.37. The van der Waals surface area contributed by atoms with Crippen molar-refractivity contribution in [2.75, 3.05) is 0 Å². The molecule has 0 aliphatic rings. The van der Waals surface area contributed by atoms with E-state index in [1.54, 1.807) is 18.2 Å².